The highest BCUT2D eigenvalue weighted by atomic mass is 35.5. The number of aryl methyl sites for hydroxylation is 1. The number of halogens is 1. The van der Waals surface area contributed by atoms with Crippen LogP contribution in [-0.4, -0.2) is 28.9 Å². The SMILES string of the molecule is CON=C(CCc1ccccc1C(=O)O)c1cccc(/C=C/c2ccc3ccc(Cl)cc3n2)c1. The van der Waals surface area contributed by atoms with Gasteiger partial charge in [-0.15, -0.1) is 0 Å². The van der Waals surface area contributed by atoms with Gasteiger partial charge in [-0.1, -0.05) is 71.4 Å². The zero-order valence-corrected chi connectivity index (χ0v) is 19.4. The summed E-state index contributed by atoms with van der Waals surface area (Å²) in [5.41, 5.74) is 5.39. The van der Waals surface area contributed by atoms with Gasteiger partial charge in [-0.25, -0.2) is 9.78 Å². The fraction of sp³-hybridized carbons (Fsp3) is 0.107. The second kappa shape index (κ2) is 10.8. The largest absolute Gasteiger partial charge is 0.478 e. The van der Waals surface area contributed by atoms with Crippen LogP contribution in [0.2, 0.25) is 5.02 Å². The summed E-state index contributed by atoms with van der Waals surface area (Å²) in [7, 11) is 1.51. The van der Waals surface area contributed by atoms with Crippen LogP contribution in [0.4, 0.5) is 0 Å². The Morgan fingerprint density at radius 3 is 2.68 bits per heavy atom. The average molecular weight is 471 g/mol. The van der Waals surface area contributed by atoms with Crippen molar-refractivity contribution < 1.29 is 14.7 Å². The number of hydrogen-bond donors (Lipinski definition) is 1. The maximum atomic E-state index is 11.5. The van der Waals surface area contributed by atoms with Crippen molar-refractivity contribution in [3.05, 3.63) is 112 Å². The quantitative estimate of drug-likeness (QED) is 0.228. The van der Waals surface area contributed by atoms with Gasteiger partial charge in [0.1, 0.15) is 7.11 Å². The van der Waals surface area contributed by atoms with E-state index in [1.165, 1.54) is 7.11 Å². The molecule has 3 aromatic carbocycles. The Morgan fingerprint density at radius 1 is 1.03 bits per heavy atom. The molecular formula is C28H23ClN2O3. The highest BCUT2D eigenvalue weighted by molar-refractivity contribution is 6.31. The molecule has 0 atom stereocenters. The molecule has 0 aliphatic rings. The number of carboxylic acids is 1. The summed E-state index contributed by atoms with van der Waals surface area (Å²) in [6.45, 7) is 0. The van der Waals surface area contributed by atoms with Gasteiger partial charge < -0.3 is 9.94 Å². The van der Waals surface area contributed by atoms with Gasteiger partial charge in [0.2, 0.25) is 0 Å². The average Bonchev–Trinajstić information content (AvgIpc) is 2.85. The summed E-state index contributed by atoms with van der Waals surface area (Å²) in [4.78, 5) is 21.2. The van der Waals surface area contributed by atoms with E-state index in [0.717, 1.165) is 39.0 Å². The zero-order chi connectivity index (χ0) is 23.9. The number of benzene rings is 3. The number of rotatable bonds is 8. The lowest BCUT2D eigenvalue weighted by Gasteiger charge is -2.09. The van der Waals surface area contributed by atoms with E-state index in [4.69, 9.17) is 16.4 Å². The van der Waals surface area contributed by atoms with Gasteiger partial charge in [-0.2, -0.15) is 0 Å². The van der Waals surface area contributed by atoms with Gasteiger partial charge in [-0.3, -0.25) is 0 Å². The Labute approximate surface area is 203 Å². The van der Waals surface area contributed by atoms with Crippen LogP contribution in [0.1, 0.15) is 39.2 Å². The van der Waals surface area contributed by atoms with Crippen LogP contribution >= 0.6 is 11.6 Å². The second-order valence-electron chi connectivity index (χ2n) is 7.71. The predicted octanol–water partition coefficient (Wildman–Crippen LogP) is 6.74. The Kier molecular flexibility index (Phi) is 7.35. The van der Waals surface area contributed by atoms with Crippen LogP contribution in [0, 0.1) is 0 Å². The van der Waals surface area contributed by atoms with Crippen LogP contribution in [0.25, 0.3) is 23.1 Å². The molecule has 4 aromatic rings. The molecule has 1 heterocycles. The molecule has 6 heteroatoms. The van der Waals surface area contributed by atoms with E-state index >= 15 is 0 Å². The normalized spacial score (nSPS) is 11.8. The molecule has 0 bridgehead atoms. The van der Waals surface area contributed by atoms with Crippen LogP contribution in [0.5, 0.6) is 0 Å². The summed E-state index contributed by atoms with van der Waals surface area (Å²) in [6, 6.07) is 24.6. The minimum Gasteiger partial charge on any atom is -0.478 e. The first kappa shape index (κ1) is 23.2. The number of aromatic carboxylic acids is 1. The van der Waals surface area contributed by atoms with Gasteiger partial charge in [0.15, 0.2) is 0 Å². The minimum absolute atomic E-state index is 0.306. The molecule has 0 unspecified atom stereocenters. The Balaban J connectivity index is 1.54. The summed E-state index contributed by atoms with van der Waals surface area (Å²) < 4.78 is 0. The Morgan fingerprint density at radius 2 is 1.85 bits per heavy atom. The van der Waals surface area contributed by atoms with Gasteiger partial charge in [0.25, 0.3) is 0 Å². The molecule has 0 saturated heterocycles. The minimum atomic E-state index is -0.933. The van der Waals surface area contributed by atoms with Gasteiger partial charge in [0.05, 0.1) is 22.5 Å². The molecule has 5 nitrogen and oxygen atoms in total. The highest BCUT2D eigenvalue weighted by Gasteiger charge is 2.12. The Bertz CT molecular complexity index is 1400. The first-order valence-electron chi connectivity index (χ1n) is 10.8. The van der Waals surface area contributed by atoms with Crippen LogP contribution in [-0.2, 0) is 11.3 Å². The van der Waals surface area contributed by atoms with E-state index in [0.29, 0.717) is 23.4 Å². The maximum Gasteiger partial charge on any atom is 0.335 e. The van der Waals surface area contributed by atoms with E-state index in [-0.39, 0.29) is 0 Å². The first-order valence-corrected chi connectivity index (χ1v) is 11.2. The summed E-state index contributed by atoms with van der Waals surface area (Å²) >= 11 is 6.10. The zero-order valence-electron chi connectivity index (χ0n) is 18.6. The molecule has 1 N–H and O–H groups in total. The van der Waals surface area contributed by atoms with E-state index in [1.54, 1.807) is 12.1 Å². The fourth-order valence-electron chi connectivity index (χ4n) is 3.76. The van der Waals surface area contributed by atoms with E-state index in [2.05, 4.69) is 10.1 Å². The smallest absolute Gasteiger partial charge is 0.335 e. The lowest BCUT2D eigenvalue weighted by atomic mass is 9.97. The molecule has 34 heavy (non-hydrogen) atoms. The van der Waals surface area contributed by atoms with Crippen LogP contribution < -0.4 is 0 Å². The third kappa shape index (κ3) is 5.69. The summed E-state index contributed by atoms with van der Waals surface area (Å²) in [5.74, 6) is -0.933. The number of carboxylic acid groups (broad SMARTS) is 1. The lowest BCUT2D eigenvalue weighted by molar-refractivity contribution is 0.0695. The third-order valence-corrected chi connectivity index (χ3v) is 5.66. The number of aromatic nitrogens is 1. The molecule has 0 fully saturated rings. The molecule has 170 valence electrons. The number of oxime groups is 1. The highest BCUT2D eigenvalue weighted by Crippen LogP contribution is 2.20. The van der Waals surface area contributed by atoms with Crippen molar-refractivity contribution in [2.24, 2.45) is 5.16 Å². The van der Waals surface area contributed by atoms with E-state index in [1.807, 2.05) is 78.9 Å². The third-order valence-electron chi connectivity index (χ3n) is 5.42. The maximum absolute atomic E-state index is 11.5. The van der Waals surface area contributed by atoms with Crippen LogP contribution in [0.3, 0.4) is 0 Å². The number of fused-ring (bicyclic) bond motifs is 1. The molecule has 0 aliphatic carbocycles. The van der Waals surface area contributed by atoms with Crippen molar-refractivity contribution >= 4 is 46.3 Å². The standard InChI is InChI=1S/C28H23ClN2O3/c1-34-31-26(16-12-20-6-2-3-8-25(20)28(32)33)22-7-4-5-19(17-22)9-14-24-15-11-21-10-13-23(29)18-27(21)30-24/h2-11,13-15,17-18H,12,16H2,1H3,(H,32,33)/b14-9+,31-26?. The molecule has 0 spiro atoms. The van der Waals surface area contributed by atoms with Gasteiger partial charge in [-0.05, 0) is 65.9 Å². The summed E-state index contributed by atoms with van der Waals surface area (Å²) in [5, 5.41) is 15.3. The van der Waals surface area contributed by atoms with Crippen molar-refractivity contribution in [1.82, 2.24) is 4.98 Å². The first-order chi connectivity index (χ1) is 16.5. The van der Waals surface area contributed by atoms with E-state index in [9.17, 15) is 9.90 Å². The molecule has 0 aliphatic heterocycles. The number of carbonyl (C=O) groups is 1. The topological polar surface area (TPSA) is 71.8 Å². The van der Waals surface area contributed by atoms with E-state index < -0.39 is 5.97 Å². The Hall–Kier alpha value is -3.96. The van der Waals surface area contributed by atoms with Crippen molar-refractivity contribution in [2.45, 2.75) is 12.8 Å². The second-order valence-corrected chi connectivity index (χ2v) is 8.15. The molecule has 0 saturated carbocycles. The van der Waals surface area contributed by atoms with Gasteiger partial charge in [0, 0.05) is 10.4 Å². The van der Waals surface area contributed by atoms with Gasteiger partial charge >= 0.3 is 5.97 Å². The monoisotopic (exact) mass is 470 g/mol. The summed E-state index contributed by atoms with van der Waals surface area (Å²) in [6.07, 6.45) is 5.02. The molecule has 1 aromatic heterocycles. The van der Waals surface area contributed by atoms with Crippen LogP contribution in [0.15, 0.2) is 84.0 Å². The molecule has 0 amide bonds. The van der Waals surface area contributed by atoms with Crippen molar-refractivity contribution in [3.63, 3.8) is 0 Å². The molecular weight excluding hydrogens is 448 g/mol. The predicted molar refractivity (Wildman–Crippen MR) is 137 cm³/mol. The molecule has 4 rings (SSSR count). The van der Waals surface area contributed by atoms with Crippen molar-refractivity contribution in [2.75, 3.05) is 7.11 Å². The number of pyridine rings is 1. The molecule has 0 radical (unpaired) electrons. The lowest BCUT2D eigenvalue weighted by Crippen LogP contribution is -2.07. The number of hydrogen-bond acceptors (Lipinski definition) is 4. The fourth-order valence-corrected chi connectivity index (χ4v) is 3.92. The van der Waals surface area contributed by atoms with Crippen molar-refractivity contribution in [3.8, 4) is 0 Å². The van der Waals surface area contributed by atoms with Crippen molar-refractivity contribution in [1.29, 1.82) is 0 Å². The number of nitrogens with zero attached hydrogens (tertiary/aromatic N) is 2.